The maximum Gasteiger partial charge on any atom is 0.231 e. The highest BCUT2D eigenvalue weighted by Crippen LogP contribution is 2.35. The third-order valence-electron chi connectivity index (χ3n) is 2.32. The summed E-state index contributed by atoms with van der Waals surface area (Å²) in [5, 5.41) is 0. The average molecular weight is 207 g/mol. The molecule has 0 N–H and O–H groups in total. The van der Waals surface area contributed by atoms with E-state index in [0.717, 1.165) is 17.8 Å². The molecule has 4 heteroatoms. The molecule has 1 aromatic rings. The number of nitrogens with zero attached hydrogens (tertiary/aromatic N) is 1. The number of benzene rings is 1. The minimum Gasteiger partial charge on any atom is -0.454 e. The molecule has 0 saturated carbocycles. The van der Waals surface area contributed by atoms with Gasteiger partial charge < -0.3 is 14.4 Å². The van der Waals surface area contributed by atoms with Gasteiger partial charge in [0.1, 0.15) is 0 Å². The molecule has 1 amide bonds. The van der Waals surface area contributed by atoms with Crippen LogP contribution in [0.4, 0.5) is 5.69 Å². The first-order chi connectivity index (χ1) is 7.22. The SMILES string of the molecule is CC(C)N(C=O)c1ccc2c(c1)OCO2. The summed E-state index contributed by atoms with van der Waals surface area (Å²) in [7, 11) is 0. The Balaban J connectivity index is 2.32. The summed E-state index contributed by atoms with van der Waals surface area (Å²) < 4.78 is 10.4. The molecule has 0 spiro atoms. The molecule has 1 aromatic carbocycles. The summed E-state index contributed by atoms with van der Waals surface area (Å²) in [6.45, 7) is 4.17. The third-order valence-corrected chi connectivity index (χ3v) is 2.32. The van der Waals surface area contributed by atoms with E-state index in [1.165, 1.54) is 0 Å². The third kappa shape index (κ3) is 1.75. The molecule has 0 saturated heterocycles. The van der Waals surface area contributed by atoms with Gasteiger partial charge in [-0.1, -0.05) is 0 Å². The maximum atomic E-state index is 10.9. The highest BCUT2D eigenvalue weighted by molar-refractivity contribution is 5.77. The number of ether oxygens (including phenoxy) is 2. The quantitative estimate of drug-likeness (QED) is 0.709. The maximum absolute atomic E-state index is 10.9. The second-order valence-electron chi connectivity index (χ2n) is 3.64. The van der Waals surface area contributed by atoms with Crippen molar-refractivity contribution in [3.8, 4) is 11.5 Å². The molecular formula is C11H13NO3. The fourth-order valence-corrected chi connectivity index (χ4v) is 1.53. The molecule has 0 bridgehead atoms. The molecule has 2 rings (SSSR count). The lowest BCUT2D eigenvalue weighted by Crippen LogP contribution is -2.28. The van der Waals surface area contributed by atoms with Crippen molar-refractivity contribution in [2.24, 2.45) is 0 Å². The van der Waals surface area contributed by atoms with Crippen LogP contribution >= 0.6 is 0 Å². The van der Waals surface area contributed by atoms with Gasteiger partial charge in [0.2, 0.25) is 13.2 Å². The molecule has 4 nitrogen and oxygen atoms in total. The first-order valence-electron chi connectivity index (χ1n) is 4.85. The van der Waals surface area contributed by atoms with E-state index in [4.69, 9.17) is 9.47 Å². The van der Waals surface area contributed by atoms with Crippen LogP contribution in [0.15, 0.2) is 18.2 Å². The van der Waals surface area contributed by atoms with Gasteiger partial charge in [0, 0.05) is 17.8 Å². The van der Waals surface area contributed by atoms with E-state index in [0.29, 0.717) is 5.75 Å². The predicted octanol–water partition coefficient (Wildman–Crippen LogP) is 1.79. The van der Waals surface area contributed by atoms with E-state index in [2.05, 4.69) is 0 Å². The minimum absolute atomic E-state index is 0.128. The lowest BCUT2D eigenvalue weighted by Gasteiger charge is -2.21. The van der Waals surface area contributed by atoms with Gasteiger partial charge in [0.25, 0.3) is 0 Å². The van der Waals surface area contributed by atoms with Gasteiger partial charge in [0.05, 0.1) is 0 Å². The summed E-state index contributed by atoms with van der Waals surface area (Å²) in [5.41, 5.74) is 0.823. The van der Waals surface area contributed by atoms with Crippen molar-refractivity contribution >= 4 is 12.1 Å². The first-order valence-corrected chi connectivity index (χ1v) is 4.85. The highest BCUT2D eigenvalue weighted by Gasteiger charge is 2.16. The Bertz CT molecular complexity index is 376. The van der Waals surface area contributed by atoms with Crippen molar-refractivity contribution in [3.63, 3.8) is 0 Å². The van der Waals surface area contributed by atoms with Crippen molar-refractivity contribution in [3.05, 3.63) is 18.2 Å². The van der Waals surface area contributed by atoms with Crippen LogP contribution in [0.5, 0.6) is 11.5 Å². The van der Waals surface area contributed by atoms with Crippen molar-refractivity contribution in [2.75, 3.05) is 11.7 Å². The fraction of sp³-hybridized carbons (Fsp3) is 0.364. The Morgan fingerprint density at radius 3 is 2.73 bits per heavy atom. The molecule has 0 fully saturated rings. The summed E-state index contributed by atoms with van der Waals surface area (Å²) in [6.07, 6.45) is 0.822. The summed E-state index contributed by atoms with van der Waals surface area (Å²) >= 11 is 0. The van der Waals surface area contributed by atoms with Gasteiger partial charge in [-0.15, -0.1) is 0 Å². The van der Waals surface area contributed by atoms with Crippen LogP contribution < -0.4 is 14.4 Å². The molecular weight excluding hydrogens is 194 g/mol. The molecule has 0 radical (unpaired) electrons. The molecule has 0 aromatic heterocycles. The lowest BCUT2D eigenvalue weighted by atomic mass is 10.2. The summed E-state index contributed by atoms with van der Waals surface area (Å²) in [5.74, 6) is 1.42. The number of fused-ring (bicyclic) bond motifs is 1. The first kappa shape index (κ1) is 9.83. The topological polar surface area (TPSA) is 38.8 Å². The van der Waals surface area contributed by atoms with Gasteiger partial charge in [-0.25, -0.2) is 0 Å². The van der Waals surface area contributed by atoms with Gasteiger partial charge in [0.15, 0.2) is 11.5 Å². The van der Waals surface area contributed by atoms with E-state index in [1.807, 2.05) is 32.0 Å². The minimum atomic E-state index is 0.128. The van der Waals surface area contributed by atoms with Gasteiger partial charge >= 0.3 is 0 Å². The number of amides is 1. The Labute approximate surface area is 88.4 Å². The fourth-order valence-electron chi connectivity index (χ4n) is 1.53. The smallest absolute Gasteiger partial charge is 0.231 e. The molecule has 0 unspecified atom stereocenters. The van der Waals surface area contributed by atoms with Crippen LogP contribution in [0.1, 0.15) is 13.8 Å². The second kappa shape index (κ2) is 3.81. The number of hydrogen-bond donors (Lipinski definition) is 0. The van der Waals surface area contributed by atoms with Crippen LogP contribution in [0.25, 0.3) is 0 Å². The summed E-state index contributed by atoms with van der Waals surface area (Å²) in [4.78, 5) is 12.5. The molecule has 80 valence electrons. The van der Waals surface area contributed by atoms with E-state index in [9.17, 15) is 4.79 Å². The van der Waals surface area contributed by atoms with Crippen molar-refractivity contribution < 1.29 is 14.3 Å². The number of anilines is 1. The van der Waals surface area contributed by atoms with Crippen LogP contribution in [0, 0.1) is 0 Å². The van der Waals surface area contributed by atoms with Crippen molar-refractivity contribution in [1.82, 2.24) is 0 Å². The number of carbonyl (C=O) groups is 1. The normalized spacial score (nSPS) is 13.0. The largest absolute Gasteiger partial charge is 0.454 e. The lowest BCUT2D eigenvalue weighted by molar-refractivity contribution is -0.107. The summed E-state index contributed by atoms with van der Waals surface area (Å²) in [6, 6.07) is 5.61. The van der Waals surface area contributed by atoms with Crippen molar-refractivity contribution in [1.29, 1.82) is 0 Å². The Hall–Kier alpha value is -1.71. The van der Waals surface area contributed by atoms with E-state index >= 15 is 0 Å². The molecule has 1 heterocycles. The molecule has 15 heavy (non-hydrogen) atoms. The molecule has 0 atom stereocenters. The Kier molecular flexibility index (Phi) is 2.49. The number of rotatable bonds is 3. The zero-order chi connectivity index (χ0) is 10.8. The van der Waals surface area contributed by atoms with Gasteiger partial charge in [-0.3, -0.25) is 4.79 Å². The standard InChI is InChI=1S/C11H13NO3/c1-8(2)12(6-13)9-3-4-10-11(5-9)15-7-14-10/h3-6,8H,7H2,1-2H3. The van der Waals surface area contributed by atoms with Crippen LogP contribution in [0.3, 0.4) is 0 Å². The average Bonchev–Trinajstić information content (AvgIpc) is 2.65. The predicted molar refractivity (Wildman–Crippen MR) is 56.2 cm³/mol. The van der Waals surface area contributed by atoms with E-state index in [1.54, 1.807) is 4.90 Å². The second-order valence-corrected chi connectivity index (χ2v) is 3.64. The Morgan fingerprint density at radius 2 is 2.07 bits per heavy atom. The zero-order valence-corrected chi connectivity index (χ0v) is 8.77. The van der Waals surface area contributed by atoms with Crippen LogP contribution in [-0.4, -0.2) is 19.2 Å². The molecule has 1 aliphatic rings. The van der Waals surface area contributed by atoms with E-state index < -0.39 is 0 Å². The highest BCUT2D eigenvalue weighted by atomic mass is 16.7. The Morgan fingerprint density at radius 1 is 1.33 bits per heavy atom. The van der Waals surface area contributed by atoms with Crippen LogP contribution in [0.2, 0.25) is 0 Å². The van der Waals surface area contributed by atoms with Gasteiger partial charge in [-0.05, 0) is 26.0 Å². The van der Waals surface area contributed by atoms with Crippen molar-refractivity contribution in [2.45, 2.75) is 19.9 Å². The zero-order valence-electron chi connectivity index (χ0n) is 8.77. The van der Waals surface area contributed by atoms with Crippen LogP contribution in [-0.2, 0) is 4.79 Å². The molecule has 1 aliphatic heterocycles. The molecule has 0 aliphatic carbocycles. The van der Waals surface area contributed by atoms with E-state index in [-0.39, 0.29) is 12.8 Å². The number of carbonyl (C=O) groups excluding carboxylic acids is 1. The van der Waals surface area contributed by atoms with Gasteiger partial charge in [-0.2, -0.15) is 0 Å². The number of hydrogen-bond acceptors (Lipinski definition) is 3. The monoisotopic (exact) mass is 207 g/mol.